The number of thioether (sulfide) groups is 1. The first-order chi connectivity index (χ1) is 29.2. The molecule has 6 amide bonds. The van der Waals surface area contributed by atoms with Gasteiger partial charge in [0.25, 0.3) is 0 Å². The van der Waals surface area contributed by atoms with Crippen LogP contribution in [0.15, 0.2) is 42.1 Å². The van der Waals surface area contributed by atoms with Crippen molar-refractivity contribution in [2.75, 3.05) is 32.9 Å². The number of nitrogens with one attached hydrogen (secondary N) is 4. The van der Waals surface area contributed by atoms with E-state index in [0.717, 1.165) is 33.1 Å². The molecular weight excluding hydrogens is 833 g/mol. The number of likely N-dealkylation sites (tertiary alicyclic amines) is 1. The van der Waals surface area contributed by atoms with E-state index < -0.39 is 88.3 Å². The molecule has 1 aromatic carbocycles. The van der Waals surface area contributed by atoms with E-state index in [-0.39, 0.29) is 55.0 Å². The number of nitrogens with zero attached hydrogens (tertiary/aromatic N) is 3. The highest BCUT2D eigenvalue weighted by Crippen LogP contribution is 2.35. The smallest absolute Gasteiger partial charge is 0.321 e. The van der Waals surface area contributed by atoms with Gasteiger partial charge in [-0.1, -0.05) is 72.7 Å². The molecule has 1 unspecified atom stereocenters. The summed E-state index contributed by atoms with van der Waals surface area (Å²) < 4.78 is 2.02. The van der Waals surface area contributed by atoms with E-state index in [1.165, 1.54) is 11.8 Å². The maximum Gasteiger partial charge on any atom is 0.321 e. The fourth-order valence-corrected chi connectivity index (χ4v) is 8.78. The molecule has 0 radical (unpaired) electrons. The number of hydrogen-bond donors (Lipinski definition) is 7. The van der Waals surface area contributed by atoms with Gasteiger partial charge in [0.15, 0.2) is 0 Å². The third-order valence-electron chi connectivity index (χ3n) is 11.4. The van der Waals surface area contributed by atoms with Crippen molar-refractivity contribution >= 4 is 70.0 Å². The molecule has 2 heterocycles. The normalized spacial score (nSPS) is 17.3. The van der Waals surface area contributed by atoms with Crippen molar-refractivity contribution in [2.24, 2.45) is 24.1 Å². The number of carboxylic acids is 2. The number of hydrogen-bond acceptors (Lipinski definition) is 11. The van der Waals surface area contributed by atoms with Gasteiger partial charge in [-0.3, -0.25) is 43.3 Å². The molecule has 1 aromatic heterocycles. The minimum absolute atomic E-state index is 0.0771. The Bertz CT molecular complexity index is 2080. The summed E-state index contributed by atoms with van der Waals surface area (Å²) in [6, 6.07) is 3.07. The van der Waals surface area contributed by atoms with Gasteiger partial charge in [0.2, 0.25) is 35.4 Å². The van der Waals surface area contributed by atoms with Gasteiger partial charge >= 0.3 is 11.9 Å². The molecule has 19 heteroatoms. The average molecular weight is 899 g/mol. The van der Waals surface area contributed by atoms with Crippen molar-refractivity contribution in [1.82, 2.24) is 35.6 Å². The molecule has 1 aliphatic rings. The number of benzene rings is 1. The van der Waals surface area contributed by atoms with Crippen LogP contribution in [-0.4, -0.2) is 140 Å². The predicted molar refractivity (Wildman–Crippen MR) is 240 cm³/mol. The van der Waals surface area contributed by atoms with Crippen LogP contribution in [0.4, 0.5) is 0 Å². The first-order valence-corrected chi connectivity index (χ1v) is 22.0. The summed E-state index contributed by atoms with van der Waals surface area (Å²) in [7, 11) is 5.26. The minimum atomic E-state index is -1.31. The van der Waals surface area contributed by atoms with Crippen molar-refractivity contribution in [3.63, 3.8) is 0 Å². The molecule has 63 heavy (non-hydrogen) atoms. The van der Waals surface area contributed by atoms with Crippen molar-refractivity contribution < 1.29 is 48.6 Å². The molecule has 0 saturated carbocycles. The zero-order chi connectivity index (χ0) is 47.7. The van der Waals surface area contributed by atoms with Crippen LogP contribution in [0.5, 0.6) is 0 Å². The van der Waals surface area contributed by atoms with E-state index >= 15 is 0 Å². The fourth-order valence-electron chi connectivity index (χ4n) is 7.67. The van der Waals surface area contributed by atoms with Crippen LogP contribution in [0.2, 0.25) is 0 Å². The van der Waals surface area contributed by atoms with Gasteiger partial charge in [-0.2, -0.15) is 0 Å². The van der Waals surface area contributed by atoms with Gasteiger partial charge in [-0.25, -0.2) is 0 Å². The Morgan fingerprint density at radius 1 is 1.00 bits per heavy atom. The van der Waals surface area contributed by atoms with Crippen LogP contribution in [0.1, 0.15) is 80.2 Å². The van der Waals surface area contributed by atoms with Gasteiger partial charge in [-0.05, 0) is 43.4 Å². The van der Waals surface area contributed by atoms with Crippen molar-refractivity contribution in [1.29, 1.82) is 0 Å². The highest BCUT2D eigenvalue weighted by molar-refractivity contribution is 8.00. The largest absolute Gasteiger partial charge is 0.481 e. The lowest BCUT2D eigenvalue weighted by Gasteiger charge is -2.39. The summed E-state index contributed by atoms with van der Waals surface area (Å²) in [6.45, 7) is 14.4. The Morgan fingerprint density at radius 2 is 1.63 bits per heavy atom. The molecule has 0 spiro atoms. The SMILES string of the molecule is CN[C@H](C(=O)N[C@H](C(=O)N(C)[C@H](/C=C(\C)C(=O)N[C@H](CCC(=O)O)C(=O)NCCN1C(=O)CC(SC[C@H](N)C(=O)O)C1=O)C(C)C)C(C)(C)C)C(C)(C)c1cn(C)c2ccccc12. The average Bonchev–Trinajstić information content (AvgIpc) is 3.69. The Hall–Kier alpha value is -5.27. The number of imide groups is 1. The van der Waals surface area contributed by atoms with Crippen molar-refractivity contribution in [2.45, 2.75) is 116 Å². The van der Waals surface area contributed by atoms with Crippen molar-refractivity contribution in [3.8, 4) is 0 Å². The number of para-hydroxylation sites is 1. The molecule has 0 bridgehead atoms. The highest BCUT2D eigenvalue weighted by Gasteiger charge is 2.43. The third kappa shape index (κ3) is 13.1. The number of carboxylic acid groups (broad SMARTS) is 2. The van der Waals surface area contributed by atoms with E-state index in [1.807, 2.05) is 90.5 Å². The first kappa shape index (κ1) is 52.1. The summed E-state index contributed by atoms with van der Waals surface area (Å²) in [4.78, 5) is 106. The number of fused-ring (bicyclic) bond motifs is 1. The third-order valence-corrected chi connectivity index (χ3v) is 12.7. The zero-order valence-electron chi connectivity index (χ0n) is 38.2. The van der Waals surface area contributed by atoms with Gasteiger partial charge in [0.05, 0.1) is 17.3 Å². The number of nitrogens with two attached hydrogens (primary N) is 1. The molecule has 0 aliphatic carbocycles. The number of rotatable bonds is 22. The first-order valence-electron chi connectivity index (χ1n) is 21.0. The van der Waals surface area contributed by atoms with E-state index in [2.05, 4.69) is 21.3 Å². The Kier molecular flexibility index (Phi) is 18.1. The van der Waals surface area contributed by atoms with Crippen molar-refractivity contribution in [3.05, 3.63) is 47.7 Å². The number of aromatic nitrogens is 1. The highest BCUT2D eigenvalue weighted by atomic mass is 32.2. The summed E-state index contributed by atoms with van der Waals surface area (Å²) in [5.74, 6) is -5.97. The lowest BCUT2D eigenvalue weighted by molar-refractivity contribution is -0.141. The predicted octanol–water partition coefficient (Wildman–Crippen LogP) is 1.74. The molecule has 1 fully saturated rings. The second-order valence-corrected chi connectivity index (χ2v) is 19.3. The molecule has 348 valence electrons. The monoisotopic (exact) mass is 898 g/mol. The molecule has 3 rings (SSSR count). The fraction of sp³-hybridized carbons (Fsp3) is 0.591. The Morgan fingerprint density at radius 3 is 2.21 bits per heavy atom. The Labute approximate surface area is 373 Å². The van der Waals surface area contributed by atoms with Gasteiger partial charge in [0, 0.05) is 73.9 Å². The lowest BCUT2D eigenvalue weighted by Crippen LogP contribution is -2.61. The van der Waals surface area contributed by atoms with E-state index in [9.17, 15) is 43.5 Å². The number of aliphatic carboxylic acids is 2. The molecular formula is C44H66N8O10S. The second-order valence-electron chi connectivity index (χ2n) is 18.1. The molecule has 1 saturated heterocycles. The summed E-state index contributed by atoms with van der Waals surface area (Å²) in [5, 5.41) is 30.0. The van der Waals surface area contributed by atoms with Crippen LogP contribution in [-0.2, 0) is 50.8 Å². The maximum absolute atomic E-state index is 14.5. The van der Waals surface area contributed by atoms with Crippen LogP contribution < -0.4 is 27.0 Å². The van der Waals surface area contributed by atoms with Gasteiger partial charge < -0.3 is 46.7 Å². The summed E-state index contributed by atoms with van der Waals surface area (Å²) in [6.07, 6.45) is 2.73. The van der Waals surface area contributed by atoms with Crippen LogP contribution in [0, 0.1) is 11.3 Å². The summed E-state index contributed by atoms with van der Waals surface area (Å²) >= 11 is 0.960. The molecule has 2 aromatic rings. The molecule has 1 aliphatic heterocycles. The van der Waals surface area contributed by atoms with E-state index in [4.69, 9.17) is 10.8 Å². The molecule has 18 nitrogen and oxygen atoms in total. The topological polar surface area (TPSA) is 263 Å². The van der Waals surface area contributed by atoms with Gasteiger partial charge in [-0.15, -0.1) is 11.8 Å². The number of amides is 6. The standard InChI is InChI=1S/C44H66N8O10S/c1-24(2)31(51(11)41(60)36(43(4,5)6)49-39(58)35(46-9)44(7,8)27-22-50(10)30-15-13-12-14-26(27)30)20-25(3)37(56)48-29(16-17-34(54)55)38(57)47-18-19-52-33(53)21-32(40(52)59)63-23-28(45)42(61)62/h12-15,20,22,24,28-29,31-32,35-36,46H,16-19,21,23,45H2,1-11H3,(H,47,57)(H,48,56)(H,49,58)(H,54,55)(H,61,62)/b25-20+/t28-,29+,31+,32?,35+,36+/m0/s1. The quantitative estimate of drug-likeness (QED) is 0.0657. The molecule has 8 N–H and O–H groups in total. The maximum atomic E-state index is 14.5. The second kappa shape index (κ2) is 21.9. The lowest BCUT2D eigenvalue weighted by atomic mass is 9.76. The van der Waals surface area contributed by atoms with E-state index in [1.54, 1.807) is 20.2 Å². The zero-order valence-corrected chi connectivity index (χ0v) is 39.1. The Balaban J connectivity index is 1.75. The number of aryl methyl sites for hydroxylation is 1. The van der Waals surface area contributed by atoms with Crippen LogP contribution in [0.25, 0.3) is 10.9 Å². The number of carbonyl (C=O) groups is 8. The molecule has 6 atom stereocenters. The number of carbonyl (C=O) groups excluding carboxylic acids is 6. The number of likely N-dealkylation sites (N-methyl/N-ethyl adjacent to an activating group) is 2. The minimum Gasteiger partial charge on any atom is -0.481 e. The van der Waals surface area contributed by atoms with Crippen LogP contribution in [0.3, 0.4) is 0 Å². The van der Waals surface area contributed by atoms with Gasteiger partial charge in [0.1, 0.15) is 18.1 Å². The van der Waals surface area contributed by atoms with E-state index in [0.29, 0.717) is 0 Å². The summed E-state index contributed by atoms with van der Waals surface area (Å²) in [5.41, 5.74) is 6.21. The van der Waals surface area contributed by atoms with Crippen LogP contribution >= 0.6 is 11.8 Å².